The van der Waals surface area contributed by atoms with Gasteiger partial charge in [0.2, 0.25) is 0 Å². The molecule has 1 amide bonds. The molecule has 2 atom stereocenters. The van der Waals surface area contributed by atoms with Gasteiger partial charge >= 0.3 is 0 Å². The van der Waals surface area contributed by atoms with Gasteiger partial charge < -0.3 is 29.2 Å². The smallest absolute Gasteiger partial charge is 0.275 e. The predicted octanol–water partition coefficient (Wildman–Crippen LogP) is 2.02. The first-order valence-corrected chi connectivity index (χ1v) is 10.8. The Balaban J connectivity index is 1.47. The van der Waals surface area contributed by atoms with Crippen molar-refractivity contribution in [3.8, 4) is 23.0 Å². The van der Waals surface area contributed by atoms with Crippen molar-refractivity contribution in [2.45, 2.75) is 25.8 Å². The highest BCUT2D eigenvalue weighted by Gasteiger charge is 2.33. The van der Waals surface area contributed by atoms with Gasteiger partial charge in [-0.3, -0.25) is 4.79 Å². The highest BCUT2D eigenvalue weighted by atomic mass is 16.5. The average Bonchev–Trinajstić information content (AvgIpc) is 3.25. The van der Waals surface area contributed by atoms with Gasteiger partial charge in [0.05, 0.1) is 39.5 Å². The first-order valence-electron chi connectivity index (χ1n) is 10.8. The van der Waals surface area contributed by atoms with Crippen LogP contribution in [0.25, 0.3) is 0 Å². The fraction of sp³-hybridized carbons (Fsp3) is 0.458. The lowest BCUT2D eigenvalue weighted by Gasteiger charge is -2.23. The highest BCUT2D eigenvalue weighted by Crippen LogP contribution is 2.31. The minimum atomic E-state index is 0.0269. The zero-order valence-electron chi connectivity index (χ0n) is 18.6. The van der Waals surface area contributed by atoms with Crippen LogP contribution < -0.4 is 29.2 Å². The summed E-state index contributed by atoms with van der Waals surface area (Å²) >= 11 is 0. The molecule has 1 heterocycles. The fourth-order valence-corrected chi connectivity index (χ4v) is 4.04. The molecule has 0 spiro atoms. The zero-order valence-corrected chi connectivity index (χ0v) is 18.6. The SMILES string of the molecule is CCOc1ccc(OCCNC(=O)C[NH+]2CCC[C@@H]2c2cc(OC)ccc2OC)cc1. The van der Waals surface area contributed by atoms with Gasteiger partial charge in [0, 0.05) is 12.8 Å². The molecular weight excluding hydrogens is 396 g/mol. The number of carbonyl (C=O) groups excluding carboxylic acids is 1. The van der Waals surface area contributed by atoms with Crippen LogP contribution in [-0.4, -0.2) is 53.0 Å². The topological polar surface area (TPSA) is 70.5 Å². The van der Waals surface area contributed by atoms with Crippen LogP contribution in [0, 0.1) is 0 Å². The molecular formula is C24H33N2O5+. The monoisotopic (exact) mass is 429 g/mol. The third kappa shape index (κ3) is 6.28. The molecule has 2 N–H and O–H groups in total. The Morgan fingerprint density at radius 1 is 1.03 bits per heavy atom. The number of likely N-dealkylation sites (tertiary alicyclic amines) is 1. The first-order chi connectivity index (χ1) is 15.1. The number of ether oxygens (including phenoxy) is 4. The van der Waals surface area contributed by atoms with Crippen LogP contribution in [0.5, 0.6) is 23.0 Å². The van der Waals surface area contributed by atoms with E-state index in [1.54, 1.807) is 14.2 Å². The molecule has 0 radical (unpaired) electrons. The number of hydrogen-bond acceptors (Lipinski definition) is 5. The number of carbonyl (C=O) groups is 1. The van der Waals surface area contributed by atoms with Crippen LogP contribution >= 0.6 is 0 Å². The molecule has 168 valence electrons. The van der Waals surface area contributed by atoms with Crippen LogP contribution in [0.2, 0.25) is 0 Å². The Morgan fingerprint density at radius 2 is 1.74 bits per heavy atom. The summed E-state index contributed by atoms with van der Waals surface area (Å²) in [5.74, 6) is 3.25. The Labute approximate surface area is 184 Å². The molecule has 2 aromatic rings. The van der Waals surface area contributed by atoms with Crippen molar-refractivity contribution in [2.24, 2.45) is 0 Å². The van der Waals surface area contributed by atoms with Crippen molar-refractivity contribution in [3.05, 3.63) is 48.0 Å². The Kier molecular flexibility index (Phi) is 8.41. The number of quaternary nitrogens is 1. The molecule has 1 saturated heterocycles. The summed E-state index contributed by atoms with van der Waals surface area (Å²) < 4.78 is 22.1. The minimum Gasteiger partial charge on any atom is -0.497 e. The lowest BCUT2D eigenvalue weighted by Crippen LogP contribution is -3.11. The molecule has 0 bridgehead atoms. The number of rotatable bonds is 11. The number of amides is 1. The van der Waals surface area contributed by atoms with Gasteiger partial charge in [-0.25, -0.2) is 0 Å². The van der Waals surface area contributed by atoms with E-state index in [4.69, 9.17) is 18.9 Å². The second kappa shape index (κ2) is 11.5. The van der Waals surface area contributed by atoms with E-state index in [0.717, 1.165) is 47.9 Å². The van der Waals surface area contributed by atoms with E-state index in [0.29, 0.717) is 26.3 Å². The third-order valence-electron chi connectivity index (χ3n) is 5.51. The normalized spacial score (nSPS) is 17.8. The van der Waals surface area contributed by atoms with E-state index in [1.807, 2.05) is 49.4 Å². The highest BCUT2D eigenvalue weighted by molar-refractivity contribution is 5.76. The number of benzene rings is 2. The van der Waals surface area contributed by atoms with Crippen molar-refractivity contribution in [1.29, 1.82) is 0 Å². The number of nitrogens with one attached hydrogen (secondary N) is 2. The van der Waals surface area contributed by atoms with Crippen molar-refractivity contribution in [1.82, 2.24) is 5.32 Å². The van der Waals surface area contributed by atoms with Gasteiger partial charge in [0.15, 0.2) is 6.54 Å². The van der Waals surface area contributed by atoms with E-state index in [9.17, 15) is 4.79 Å². The lowest BCUT2D eigenvalue weighted by molar-refractivity contribution is -0.910. The average molecular weight is 430 g/mol. The predicted molar refractivity (Wildman–Crippen MR) is 118 cm³/mol. The maximum absolute atomic E-state index is 12.5. The molecule has 7 heteroatoms. The van der Waals surface area contributed by atoms with Gasteiger partial charge in [-0.05, 0) is 49.4 Å². The quantitative estimate of drug-likeness (QED) is 0.535. The summed E-state index contributed by atoms with van der Waals surface area (Å²) in [7, 11) is 3.34. The van der Waals surface area contributed by atoms with Crippen LogP contribution in [0.1, 0.15) is 31.4 Å². The third-order valence-corrected chi connectivity index (χ3v) is 5.51. The summed E-state index contributed by atoms with van der Waals surface area (Å²) in [4.78, 5) is 13.8. The molecule has 7 nitrogen and oxygen atoms in total. The summed E-state index contributed by atoms with van der Waals surface area (Å²) in [6.07, 6.45) is 2.10. The van der Waals surface area contributed by atoms with Crippen molar-refractivity contribution in [2.75, 3.05) is 47.1 Å². The first kappa shape index (κ1) is 22.7. The maximum Gasteiger partial charge on any atom is 0.275 e. The molecule has 1 unspecified atom stereocenters. The molecule has 0 saturated carbocycles. The summed E-state index contributed by atoms with van der Waals surface area (Å²) in [5.41, 5.74) is 1.10. The van der Waals surface area contributed by atoms with Crippen LogP contribution in [0.3, 0.4) is 0 Å². The van der Waals surface area contributed by atoms with Gasteiger partial charge in [0.1, 0.15) is 35.6 Å². The van der Waals surface area contributed by atoms with E-state index in [-0.39, 0.29) is 11.9 Å². The Bertz CT molecular complexity index is 840. The van der Waals surface area contributed by atoms with Gasteiger partial charge in [0.25, 0.3) is 5.91 Å². The number of methoxy groups -OCH3 is 2. The molecule has 0 aliphatic carbocycles. The van der Waals surface area contributed by atoms with E-state index < -0.39 is 0 Å². The lowest BCUT2D eigenvalue weighted by atomic mass is 10.0. The van der Waals surface area contributed by atoms with Crippen LogP contribution in [0.4, 0.5) is 0 Å². The van der Waals surface area contributed by atoms with Gasteiger partial charge in [-0.15, -0.1) is 0 Å². The van der Waals surface area contributed by atoms with Gasteiger partial charge in [-0.2, -0.15) is 0 Å². The zero-order chi connectivity index (χ0) is 22.1. The molecule has 0 aromatic heterocycles. The van der Waals surface area contributed by atoms with Gasteiger partial charge in [-0.1, -0.05) is 0 Å². The summed E-state index contributed by atoms with van der Waals surface area (Å²) in [6.45, 7) is 4.85. The summed E-state index contributed by atoms with van der Waals surface area (Å²) in [6, 6.07) is 13.6. The summed E-state index contributed by atoms with van der Waals surface area (Å²) in [5, 5.41) is 2.97. The van der Waals surface area contributed by atoms with E-state index in [1.165, 1.54) is 4.90 Å². The molecule has 3 rings (SSSR count). The largest absolute Gasteiger partial charge is 0.497 e. The molecule has 2 aromatic carbocycles. The molecule has 31 heavy (non-hydrogen) atoms. The van der Waals surface area contributed by atoms with Crippen molar-refractivity contribution < 1.29 is 28.6 Å². The van der Waals surface area contributed by atoms with E-state index in [2.05, 4.69) is 5.32 Å². The standard InChI is InChI=1S/C24H32N2O5/c1-4-30-18-7-9-19(10-8-18)31-15-13-25-24(27)17-26-14-5-6-22(26)21-16-20(28-2)11-12-23(21)29-3/h7-12,16,22H,4-6,13-15,17H2,1-3H3,(H,25,27)/p+1/t22-/m1/s1. The Morgan fingerprint density at radius 3 is 2.42 bits per heavy atom. The van der Waals surface area contributed by atoms with E-state index >= 15 is 0 Å². The molecule has 1 aliphatic rings. The fourth-order valence-electron chi connectivity index (χ4n) is 4.04. The van der Waals surface area contributed by atoms with Crippen LogP contribution in [-0.2, 0) is 4.79 Å². The molecule has 1 aliphatic heterocycles. The molecule has 1 fully saturated rings. The maximum atomic E-state index is 12.5. The van der Waals surface area contributed by atoms with Crippen molar-refractivity contribution >= 4 is 5.91 Å². The van der Waals surface area contributed by atoms with Crippen LogP contribution in [0.15, 0.2) is 42.5 Å². The minimum absolute atomic E-state index is 0.0269. The second-order valence-corrected chi connectivity index (χ2v) is 7.49. The van der Waals surface area contributed by atoms with Crippen molar-refractivity contribution in [3.63, 3.8) is 0 Å². The Hall–Kier alpha value is -2.93. The second-order valence-electron chi connectivity index (χ2n) is 7.49. The number of hydrogen-bond donors (Lipinski definition) is 2.